The summed E-state index contributed by atoms with van der Waals surface area (Å²) < 4.78 is 28.5. The van der Waals surface area contributed by atoms with Gasteiger partial charge in [-0.15, -0.1) is 0 Å². The van der Waals surface area contributed by atoms with Crippen LogP contribution in [0.1, 0.15) is 63.6 Å². The molecule has 0 saturated heterocycles. The molecule has 0 radical (unpaired) electrons. The number of carbonyl (C=O) groups is 1. The van der Waals surface area contributed by atoms with Crippen molar-refractivity contribution in [3.05, 3.63) is 47.2 Å². The third-order valence-electron chi connectivity index (χ3n) is 7.27. The van der Waals surface area contributed by atoms with Crippen LogP contribution in [0.4, 0.5) is 8.78 Å². The number of carboxylic acid groups (broad SMARTS) is 1. The van der Waals surface area contributed by atoms with Crippen molar-refractivity contribution in [2.45, 2.75) is 57.8 Å². The zero-order valence-corrected chi connectivity index (χ0v) is 16.3. The molecule has 1 aromatic carbocycles. The lowest BCUT2D eigenvalue weighted by molar-refractivity contribution is -0.143. The van der Waals surface area contributed by atoms with Crippen LogP contribution in [0, 0.1) is 23.0 Å². The van der Waals surface area contributed by atoms with Gasteiger partial charge in [-0.1, -0.05) is 26.8 Å². The summed E-state index contributed by atoms with van der Waals surface area (Å²) in [5, 5.41) is 18.2. The van der Waals surface area contributed by atoms with Crippen molar-refractivity contribution in [2.24, 2.45) is 11.3 Å². The van der Waals surface area contributed by atoms with Crippen molar-refractivity contribution < 1.29 is 18.7 Å². The standard InChI is InChI=1S/C22H24F2N2O2/c1-4-12(20(27)28)11-22-9-8-14(21(22,2)3)13-10-17(25-26-19(13)22)18-15(23)6-5-7-16(18)24/h5-7,10,12,14H,4,8-9,11H2,1-3H3,(H,27,28)/t12-,14-,22-/m0/s1. The number of carboxylic acids is 1. The molecule has 0 spiro atoms. The van der Waals surface area contributed by atoms with E-state index < -0.39 is 23.5 Å². The number of benzene rings is 1. The third-order valence-corrected chi connectivity index (χ3v) is 7.27. The Morgan fingerprint density at radius 2 is 1.96 bits per heavy atom. The maximum Gasteiger partial charge on any atom is 0.306 e. The van der Waals surface area contributed by atoms with Gasteiger partial charge in [-0.2, -0.15) is 10.2 Å². The Morgan fingerprint density at radius 3 is 2.57 bits per heavy atom. The van der Waals surface area contributed by atoms with Gasteiger partial charge in [-0.05, 0) is 60.8 Å². The van der Waals surface area contributed by atoms with Gasteiger partial charge in [-0.3, -0.25) is 4.79 Å². The maximum absolute atomic E-state index is 14.2. The van der Waals surface area contributed by atoms with Gasteiger partial charge in [0, 0.05) is 5.41 Å². The number of hydrogen-bond acceptors (Lipinski definition) is 3. The highest BCUT2D eigenvalue weighted by Gasteiger charge is 2.63. The Labute approximate surface area is 163 Å². The van der Waals surface area contributed by atoms with Gasteiger partial charge in [0.15, 0.2) is 0 Å². The van der Waals surface area contributed by atoms with Gasteiger partial charge in [0.25, 0.3) is 0 Å². The number of aliphatic carboxylic acids is 1. The van der Waals surface area contributed by atoms with Crippen LogP contribution in [-0.4, -0.2) is 21.3 Å². The molecular formula is C22H24F2N2O2. The van der Waals surface area contributed by atoms with Crippen LogP contribution >= 0.6 is 0 Å². The van der Waals surface area contributed by atoms with Crippen molar-refractivity contribution >= 4 is 5.97 Å². The lowest BCUT2D eigenvalue weighted by Gasteiger charge is -2.39. The predicted octanol–water partition coefficient (Wildman–Crippen LogP) is 5.08. The minimum absolute atomic E-state index is 0.163. The zero-order chi connectivity index (χ0) is 20.3. The van der Waals surface area contributed by atoms with Gasteiger partial charge in [0.05, 0.1) is 22.9 Å². The lowest BCUT2D eigenvalue weighted by Crippen LogP contribution is -2.39. The fraction of sp³-hybridized carbons (Fsp3) is 0.500. The van der Waals surface area contributed by atoms with Crippen LogP contribution in [0.5, 0.6) is 0 Å². The lowest BCUT2D eigenvalue weighted by atomic mass is 9.64. The number of hydrogen-bond donors (Lipinski definition) is 1. The molecule has 2 aliphatic carbocycles. The highest BCUT2D eigenvalue weighted by molar-refractivity contribution is 5.70. The predicted molar refractivity (Wildman–Crippen MR) is 101 cm³/mol. The first-order valence-corrected chi connectivity index (χ1v) is 9.78. The molecule has 1 aromatic heterocycles. The smallest absolute Gasteiger partial charge is 0.306 e. The molecule has 0 amide bonds. The molecule has 3 atom stereocenters. The highest BCUT2D eigenvalue weighted by atomic mass is 19.1. The number of halogens is 2. The molecule has 2 aromatic rings. The molecule has 1 saturated carbocycles. The average Bonchev–Trinajstić information content (AvgIpc) is 3.00. The molecule has 2 bridgehead atoms. The van der Waals surface area contributed by atoms with E-state index in [1.165, 1.54) is 18.2 Å². The molecule has 4 nitrogen and oxygen atoms in total. The molecule has 2 aliphatic rings. The number of fused-ring (bicyclic) bond motifs is 5. The van der Waals surface area contributed by atoms with Crippen LogP contribution < -0.4 is 0 Å². The van der Waals surface area contributed by atoms with E-state index in [0.717, 1.165) is 24.1 Å². The van der Waals surface area contributed by atoms with E-state index in [9.17, 15) is 18.7 Å². The molecular weight excluding hydrogens is 362 g/mol. The van der Waals surface area contributed by atoms with Crippen molar-refractivity contribution in [3.63, 3.8) is 0 Å². The summed E-state index contributed by atoms with van der Waals surface area (Å²) in [7, 11) is 0. The second-order valence-corrected chi connectivity index (χ2v) is 8.67. The minimum Gasteiger partial charge on any atom is -0.481 e. The minimum atomic E-state index is -0.789. The van der Waals surface area contributed by atoms with E-state index in [4.69, 9.17) is 0 Å². The first-order chi connectivity index (χ1) is 13.2. The van der Waals surface area contributed by atoms with E-state index >= 15 is 0 Å². The average molecular weight is 386 g/mol. The van der Waals surface area contributed by atoms with E-state index in [0.29, 0.717) is 12.8 Å². The van der Waals surface area contributed by atoms with E-state index in [2.05, 4.69) is 24.0 Å². The number of nitrogens with zero attached hydrogens (tertiary/aromatic N) is 2. The molecule has 148 valence electrons. The van der Waals surface area contributed by atoms with Crippen LogP contribution in [0.25, 0.3) is 11.3 Å². The first kappa shape index (κ1) is 19.0. The molecule has 0 aliphatic heterocycles. The van der Waals surface area contributed by atoms with Crippen LogP contribution in [-0.2, 0) is 10.2 Å². The fourth-order valence-corrected chi connectivity index (χ4v) is 5.57. The maximum atomic E-state index is 14.2. The second-order valence-electron chi connectivity index (χ2n) is 8.67. The Hall–Kier alpha value is -2.37. The van der Waals surface area contributed by atoms with Gasteiger partial charge in [-0.25, -0.2) is 8.78 Å². The fourth-order valence-electron chi connectivity index (χ4n) is 5.57. The summed E-state index contributed by atoms with van der Waals surface area (Å²) in [6.45, 7) is 6.20. The number of aromatic nitrogens is 2. The van der Waals surface area contributed by atoms with Gasteiger partial charge < -0.3 is 5.11 Å². The van der Waals surface area contributed by atoms with E-state index in [1.54, 1.807) is 6.07 Å². The molecule has 28 heavy (non-hydrogen) atoms. The van der Waals surface area contributed by atoms with Crippen molar-refractivity contribution in [3.8, 4) is 11.3 Å². The van der Waals surface area contributed by atoms with Gasteiger partial charge >= 0.3 is 5.97 Å². The van der Waals surface area contributed by atoms with E-state index in [-0.39, 0.29) is 28.0 Å². The summed E-state index contributed by atoms with van der Waals surface area (Å²) in [4.78, 5) is 11.7. The Kier molecular flexibility index (Phi) is 4.28. The summed E-state index contributed by atoms with van der Waals surface area (Å²) in [6, 6.07) is 5.51. The molecule has 1 N–H and O–H groups in total. The Bertz CT molecular complexity index is 939. The summed E-state index contributed by atoms with van der Waals surface area (Å²) in [6.07, 6.45) is 2.85. The van der Waals surface area contributed by atoms with Gasteiger partial charge in [0.1, 0.15) is 11.6 Å². The van der Waals surface area contributed by atoms with Crippen molar-refractivity contribution in [2.75, 3.05) is 0 Å². The zero-order valence-electron chi connectivity index (χ0n) is 16.3. The van der Waals surface area contributed by atoms with Crippen molar-refractivity contribution in [1.82, 2.24) is 10.2 Å². The van der Waals surface area contributed by atoms with Crippen LogP contribution in [0.15, 0.2) is 24.3 Å². The van der Waals surface area contributed by atoms with E-state index in [1.807, 2.05) is 6.92 Å². The Balaban J connectivity index is 1.84. The topological polar surface area (TPSA) is 63.1 Å². The molecule has 0 unspecified atom stereocenters. The first-order valence-electron chi connectivity index (χ1n) is 9.78. The quantitative estimate of drug-likeness (QED) is 0.779. The van der Waals surface area contributed by atoms with Gasteiger partial charge in [0.2, 0.25) is 0 Å². The summed E-state index contributed by atoms with van der Waals surface area (Å²) in [5.41, 5.74) is 1.26. The monoisotopic (exact) mass is 386 g/mol. The van der Waals surface area contributed by atoms with Crippen LogP contribution in [0.3, 0.4) is 0 Å². The largest absolute Gasteiger partial charge is 0.481 e. The molecule has 1 heterocycles. The third kappa shape index (κ3) is 2.43. The normalized spacial score (nSPS) is 25.5. The Morgan fingerprint density at radius 1 is 1.29 bits per heavy atom. The second kappa shape index (κ2) is 6.33. The molecule has 1 fully saturated rings. The SMILES string of the molecule is CC[C@@H](C[C@@]12CC[C@@H](c3cc(-c4c(F)cccc4F)nnc31)C2(C)C)C(=O)O. The highest BCUT2D eigenvalue weighted by Crippen LogP contribution is 2.69. The van der Waals surface area contributed by atoms with Crippen molar-refractivity contribution in [1.29, 1.82) is 0 Å². The molecule has 6 heteroatoms. The van der Waals surface area contributed by atoms with Crippen LogP contribution in [0.2, 0.25) is 0 Å². The summed E-state index contributed by atoms with van der Waals surface area (Å²) >= 11 is 0. The molecule has 4 rings (SSSR count). The number of rotatable bonds is 5. The summed E-state index contributed by atoms with van der Waals surface area (Å²) in [5.74, 6) is -2.39.